The summed E-state index contributed by atoms with van der Waals surface area (Å²) in [6, 6.07) is 18.3. The normalized spacial score (nSPS) is 16.8. The van der Waals surface area contributed by atoms with E-state index in [4.69, 9.17) is 9.84 Å². The van der Waals surface area contributed by atoms with Gasteiger partial charge in [-0.15, -0.1) is 0 Å². The highest BCUT2D eigenvalue weighted by atomic mass is 32.2. The second-order valence-electron chi connectivity index (χ2n) is 9.16. The standard InChI is InChI=1S/C26H27N3O3S/c1-26(2)17-19(14-15-28(26)3)25-22-16-20(32-4)12-13-23(22)29(27-25)33(30,31)24-11-7-9-18-8-5-6-10-21(18)24/h5-14,16H,15,17H2,1-4H3. The van der Waals surface area contributed by atoms with Crippen LogP contribution in [-0.2, 0) is 10.0 Å². The molecule has 2 heterocycles. The molecule has 0 saturated heterocycles. The summed E-state index contributed by atoms with van der Waals surface area (Å²) in [5.74, 6) is 0.665. The van der Waals surface area contributed by atoms with Crippen LogP contribution < -0.4 is 4.74 Å². The molecule has 0 aliphatic carbocycles. The minimum atomic E-state index is -3.94. The first-order valence-electron chi connectivity index (χ1n) is 10.9. The Morgan fingerprint density at radius 3 is 2.52 bits per heavy atom. The highest BCUT2D eigenvalue weighted by Gasteiger charge is 2.32. The van der Waals surface area contributed by atoms with E-state index >= 15 is 0 Å². The number of fused-ring (bicyclic) bond motifs is 2. The average Bonchev–Trinajstić information content (AvgIpc) is 3.20. The van der Waals surface area contributed by atoms with Crippen molar-refractivity contribution in [2.45, 2.75) is 30.7 Å². The summed E-state index contributed by atoms with van der Waals surface area (Å²) in [5, 5.41) is 7.04. The second kappa shape index (κ2) is 7.71. The maximum Gasteiger partial charge on any atom is 0.284 e. The van der Waals surface area contributed by atoms with Gasteiger partial charge in [-0.05, 0) is 62.5 Å². The molecule has 0 N–H and O–H groups in total. The summed E-state index contributed by atoms with van der Waals surface area (Å²) in [7, 11) is -0.240. The topological polar surface area (TPSA) is 64.4 Å². The van der Waals surface area contributed by atoms with E-state index in [1.54, 1.807) is 31.4 Å². The van der Waals surface area contributed by atoms with E-state index in [0.717, 1.165) is 29.3 Å². The lowest BCUT2D eigenvalue weighted by atomic mass is 9.87. The summed E-state index contributed by atoms with van der Waals surface area (Å²) < 4.78 is 34.5. The van der Waals surface area contributed by atoms with E-state index < -0.39 is 10.0 Å². The number of aromatic nitrogens is 2. The molecule has 0 radical (unpaired) electrons. The number of hydrogen-bond donors (Lipinski definition) is 0. The first-order valence-corrected chi connectivity index (χ1v) is 12.4. The van der Waals surface area contributed by atoms with Gasteiger partial charge in [-0.25, -0.2) is 0 Å². The summed E-state index contributed by atoms with van der Waals surface area (Å²) in [4.78, 5) is 2.52. The van der Waals surface area contributed by atoms with Crippen molar-refractivity contribution in [1.29, 1.82) is 0 Å². The number of ether oxygens (including phenoxy) is 1. The van der Waals surface area contributed by atoms with Crippen molar-refractivity contribution < 1.29 is 13.2 Å². The Morgan fingerprint density at radius 1 is 1.00 bits per heavy atom. The van der Waals surface area contributed by atoms with Gasteiger partial charge in [0.2, 0.25) is 0 Å². The average molecular weight is 462 g/mol. The molecular formula is C26H27N3O3S. The fourth-order valence-corrected chi connectivity index (χ4v) is 5.99. The molecule has 0 unspecified atom stereocenters. The van der Waals surface area contributed by atoms with Gasteiger partial charge in [0.15, 0.2) is 0 Å². The van der Waals surface area contributed by atoms with Crippen molar-refractivity contribution in [3.63, 3.8) is 0 Å². The third-order valence-electron chi connectivity index (χ3n) is 6.68. The molecule has 170 valence electrons. The van der Waals surface area contributed by atoms with Gasteiger partial charge in [0.1, 0.15) is 5.75 Å². The van der Waals surface area contributed by atoms with Crippen LogP contribution in [-0.4, -0.2) is 48.7 Å². The van der Waals surface area contributed by atoms with Gasteiger partial charge in [0.05, 0.1) is 23.2 Å². The van der Waals surface area contributed by atoms with E-state index in [0.29, 0.717) is 22.3 Å². The maximum atomic E-state index is 13.9. The molecule has 3 aromatic carbocycles. The van der Waals surface area contributed by atoms with Crippen LogP contribution in [0.2, 0.25) is 0 Å². The van der Waals surface area contributed by atoms with Crippen LogP contribution in [0.5, 0.6) is 5.75 Å². The van der Waals surface area contributed by atoms with Gasteiger partial charge < -0.3 is 4.74 Å². The highest BCUT2D eigenvalue weighted by molar-refractivity contribution is 7.90. The number of rotatable bonds is 4. The second-order valence-corrected chi connectivity index (χ2v) is 10.9. The summed E-state index contributed by atoms with van der Waals surface area (Å²) in [6.07, 6.45) is 2.91. The first-order chi connectivity index (χ1) is 15.7. The molecule has 1 aliphatic rings. The zero-order valence-electron chi connectivity index (χ0n) is 19.2. The third kappa shape index (κ3) is 3.52. The van der Waals surface area contributed by atoms with Crippen LogP contribution in [0.4, 0.5) is 0 Å². The lowest BCUT2D eigenvalue weighted by molar-refractivity contribution is 0.171. The van der Waals surface area contributed by atoms with Crippen LogP contribution in [0.3, 0.4) is 0 Å². The smallest absolute Gasteiger partial charge is 0.284 e. The Bertz CT molecular complexity index is 1510. The lowest BCUT2D eigenvalue weighted by Crippen LogP contribution is -2.43. The zero-order valence-corrected chi connectivity index (χ0v) is 20.1. The van der Waals surface area contributed by atoms with Crippen molar-refractivity contribution >= 4 is 37.3 Å². The van der Waals surface area contributed by atoms with Crippen molar-refractivity contribution in [3.05, 3.63) is 72.4 Å². The van der Waals surface area contributed by atoms with Gasteiger partial charge in [0.25, 0.3) is 10.0 Å². The quantitative estimate of drug-likeness (QED) is 0.431. The Morgan fingerprint density at radius 2 is 1.76 bits per heavy atom. The van der Waals surface area contributed by atoms with Gasteiger partial charge in [0, 0.05) is 22.9 Å². The van der Waals surface area contributed by atoms with Gasteiger partial charge in [-0.3, -0.25) is 4.90 Å². The Labute approximate surface area is 194 Å². The van der Waals surface area contributed by atoms with Crippen LogP contribution >= 0.6 is 0 Å². The van der Waals surface area contributed by atoms with Crippen LogP contribution in [0.15, 0.2) is 71.6 Å². The largest absolute Gasteiger partial charge is 0.497 e. The molecule has 0 bridgehead atoms. The van der Waals surface area contributed by atoms with Gasteiger partial charge in [-0.2, -0.15) is 17.6 Å². The van der Waals surface area contributed by atoms with Crippen molar-refractivity contribution in [1.82, 2.24) is 14.1 Å². The van der Waals surface area contributed by atoms with E-state index in [-0.39, 0.29) is 10.4 Å². The van der Waals surface area contributed by atoms with Crippen molar-refractivity contribution in [2.75, 3.05) is 20.7 Å². The van der Waals surface area contributed by atoms with E-state index in [1.165, 1.54) is 4.09 Å². The molecule has 0 amide bonds. The number of methoxy groups -OCH3 is 1. The molecule has 5 rings (SSSR count). The van der Waals surface area contributed by atoms with Crippen molar-refractivity contribution in [3.8, 4) is 5.75 Å². The van der Waals surface area contributed by atoms with Crippen LogP contribution in [0.25, 0.3) is 27.2 Å². The summed E-state index contributed by atoms with van der Waals surface area (Å²) in [5.41, 5.74) is 2.21. The SMILES string of the molecule is COc1ccc2c(c1)c(C1=CCN(C)C(C)(C)C1)nn2S(=O)(=O)c1cccc2ccccc12. The number of likely N-dealkylation sites (N-methyl/N-ethyl adjacent to an activating group) is 1. The van der Waals surface area contributed by atoms with E-state index in [1.807, 2.05) is 36.4 Å². The van der Waals surface area contributed by atoms with Gasteiger partial charge >= 0.3 is 0 Å². The molecule has 1 aliphatic heterocycles. The van der Waals surface area contributed by atoms with Gasteiger partial charge in [-0.1, -0.05) is 42.5 Å². The molecule has 0 atom stereocenters. The highest BCUT2D eigenvalue weighted by Crippen LogP contribution is 2.37. The Hall–Kier alpha value is -3.16. The Kier molecular flexibility index (Phi) is 5.06. The van der Waals surface area contributed by atoms with Crippen LogP contribution in [0, 0.1) is 0 Å². The molecule has 33 heavy (non-hydrogen) atoms. The predicted octanol–water partition coefficient (Wildman–Crippen LogP) is 4.93. The molecule has 7 heteroatoms. The summed E-state index contributed by atoms with van der Waals surface area (Å²) >= 11 is 0. The molecule has 0 saturated carbocycles. The first kappa shape index (κ1) is 21.7. The monoisotopic (exact) mass is 461 g/mol. The number of nitrogens with zero attached hydrogens (tertiary/aromatic N) is 3. The minimum absolute atomic E-state index is 0.0619. The third-order valence-corrected chi connectivity index (χ3v) is 8.33. The fourth-order valence-electron chi connectivity index (χ4n) is 4.48. The number of benzene rings is 3. The molecule has 4 aromatic rings. The maximum absolute atomic E-state index is 13.9. The zero-order chi connectivity index (χ0) is 23.4. The molecule has 1 aromatic heterocycles. The van der Waals surface area contributed by atoms with E-state index in [2.05, 4.69) is 31.9 Å². The minimum Gasteiger partial charge on any atom is -0.497 e. The van der Waals surface area contributed by atoms with Crippen LogP contribution in [0.1, 0.15) is 26.0 Å². The lowest BCUT2D eigenvalue weighted by Gasteiger charge is -2.39. The predicted molar refractivity (Wildman–Crippen MR) is 132 cm³/mol. The van der Waals surface area contributed by atoms with Crippen molar-refractivity contribution in [2.24, 2.45) is 0 Å². The molecular weight excluding hydrogens is 434 g/mol. The molecule has 0 fully saturated rings. The number of hydrogen-bond acceptors (Lipinski definition) is 5. The molecule has 6 nitrogen and oxygen atoms in total. The van der Waals surface area contributed by atoms with E-state index in [9.17, 15) is 8.42 Å². The Balaban J connectivity index is 1.76. The summed E-state index contributed by atoms with van der Waals surface area (Å²) in [6.45, 7) is 5.15. The fraction of sp³-hybridized carbons (Fsp3) is 0.269. The molecule has 0 spiro atoms.